The number of nitriles is 1. The lowest BCUT2D eigenvalue weighted by atomic mass is 10.1. The Balaban J connectivity index is 2.16. The summed E-state index contributed by atoms with van der Waals surface area (Å²) in [5, 5.41) is 12.5. The van der Waals surface area contributed by atoms with Crippen molar-refractivity contribution in [2.75, 3.05) is 0 Å². The monoisotopic (exact) mass is 296 g/mol. The van der Waals surface area contributed by atoms with E-state index in [0.717, 1.165) is 17.3 Å². The lowest BCUT2D eigenvalue weighted by Gasteiger charge is -2.18. The van der Waals surface area contributed by atoms with Crippen LogP contribution in [0, 0.1) is 17.1 Å². The molecular formula is C13H14BrFN2. The van der Waals surface area contributed by atoms with Gasteiger partial charge >= 0.3 is 0 Å². The molecule has 4 heteroatoms. The van der Waals surface area contributed by atoms with E-state index in [2.05, 4.69) is 27.3 Å². The molecule has 0 bridgehead atoms. The smallest absolute Gasteiger partial charge is 0.123 e. The van der Waals surface area contributed by atoms with E-state index in [-0.39, 0.29) is 5.82 Å². The van der Waals surface area contributed by atoms with E-state index < -0.39 is 6.04 Å². The summed E-state index contributed by atoms with van der Waals surface area (Å²) in [6.07, 6.45) is 4.62. The van der Waals surface area contributed by atoms with Crippen LogP contribution in [0.5, 0.6) is 0 Å². The third-order valence-corrected chi connectivity index (χ3v) is 3.88. The summed E-state index contributed by atoms with van der Waals surface area (Å²) < 4.78 is 14.0. The number of rotatable bonds is 3. The molecule has 0 heterocycles. The van der Waals surface area contributed by atoms with Gasteiger partial charge < -0.3 is 0 Å². The first-order chi connectivity index (χ1) is 8.20. The molecule has 1 atom stereocenters. The van der Waals surface area contributed by atoms with Crippen molar-refractivity contribution < 1.29 is 4.39 Å². The first-order valence-corrected chi connectivity index (χ1v) is 6.60. The molecule has 1 aliphatic rings. The number of nitrogens with one attached hydrogen (secondary N) is 1. The van der Waals surface area contributed by atoms with Crippen LogP contribution in [0.1, 0.15) is 37.3 Å². The molecule has 1 aromatic carbocycles. The second kappa shape index (κ2) is 5.61. The van der Waals surface area contributed by atoms with Gasteiger partial charge in [0.15, 0.2) is 0 Å². The zero-order valence-electron chi connectivity index (χ0n) is 9.42. The Labute approximate surface area is 109 Å². The molecule has 2 rings (SSSR count). The number of hydrogen-bond acceptors (Lipinski definition) is 2. The van der Waals surface area contributed by atoms with Crippen molar-refractivity contribution in [1.29, 1.82) is 5.26 Å². The van der Waals surface area contributed by atoms with E-state index >= 15 is 0 Å². The maximum atomic E-state index is 13.2. The van der Waals surface area contributed by atoms with Crippen molar-refractivity contribution in [1.82, 2.24) is 5.32 Å². The largest absolute Gasteiger partial charge is 0.295 e. The number of benzene rings is 1. The van der Waals surface area contributed by atoms with Crippen LogP contribution in [0.2, 0.25) is 0 Å². The van der Waals surface area contributed by atoms with Gasteiger partial charge in [-0.15, -0.1) is 0 Å². The topological polar surface area (TPSA) is 35.8 Å². The van der Waals surface area contributed by atoms with Crippen LogP contribution in [-0.4, -0.2) is 6.04 Å². The summed E-state index contributed by atoms with van der Waals surface area (Å²) in [5.41, 5.74) is 0.680. The van der Waals surface area contributed by atoms with Gasteiger partial charge in [0.05, 0.1) is 6.07 Å². The zero-order chi connectivity index (χ0) is 12.3. The van der Waals surface area contributed by atoms with Crippen LogP contribution in [0.3, 0.4) is 0 Å². The molecule has 0 radical (unpaired) electrons. The summed E-state index contributed by atoms with van der Waals surface area (Å²) >= 11 is 3.36. The third-order valence-electron chi connectivity index (χ3n) is 3.16. The molecule has 0 aliphatic heterocycles. The van der Waals surface area contributed by atoms with E-state index in [1.165, 1.54) is 25.0 Å². The summed E-state index contributed by atoms with van der Waals surface area (Å²) in [6.45, 7) is 0. The van der Waals surface area contributed by atoms with E-state index in [0.29, 0.717) is 11.6 Å². The summed E-state index contributed by atoms with van der Waals surface area (Å²) in [7, 11) is 0. The van der Waals surface area contributed by atoms with Gasteiger partial charge in [-0.2, -0.15) is 5.26 Å². The number of halogens is 2. The van der Waals surface area contributed by atoms with E-state index in [9.17, 15) is 9.65 Å². The highest BCUT2D eigenvalue weighted by atomic mass is 79.9. The van der Waals surface area contributed by atoms with Crippen LogP contribution < -0.4 is 5.32 Å². The molecule has 1 aliphatic carbocycles. The van der Waals surface area contributed by atoms with Crippen LogP contribution in [0.15, 0.2) is 22.7 Å². The van der Waals surface area contributed by atoms with Gasteiger partial charge in [-0.3, -0.25) is 5.32 Å². The molecular weight excluding hydrogens is 283 g/mol. The van der Waals surface area contributed by atoms with Crippen molar-refractivity contribution in [2.45, 2.75) is 37.8 Å². The average Bonchev–Trinajstić information content (AvgIpc) is 2.82. The first kappa shape index (κ1) is 12.5. The molecule has 0 saturated heterocycles. The highest BCUT2D eigenvalue weighted by Gasteiger charge is 2.21. The molecule has 0 aromatic heterocycles. The fraction of sp³-hybridized carbons (Fsp3) is 0.462. The van der Waals surface area contributed by atoms with Gasteiger partial charge in [0.2, 0.25) is 0 Å². The highest BCUT2D eigenvalue weighted by molar-refractivity contribution is 9.10. The highest BCUT2D eigenvalue weighted by Crippen LogP contribution is 2.27. The number of nitrogens with zero attached hydrogens (tertiary/aromatic N) is 1. The van der Waals surface area contributed by atoms with Crippen LogP contribution >= 0.6 is 15.9 Å². The van der Waals surface area contributed by atoms with Gasteiger partial charge in [-0.1, -0.05) is 28.8 Å². The molecule has 0 amide bonds. The Morgan fingerprint density at radius 3 is 2.76 bits per heavy atom. The van der Waals surface area contributed by atoms with Gasteiger partial charge in [-0.25, -0.2) is 4.39 Å². The quantitative estimate of drug-likeness (QED) is 0.923. The molecule has 2 nitrogen and oxygen atoms in total. The predicted octanol–water partition coefficient (Wildman–Crippen LogP) is 3.69. The lowest BCUT2D eigenvalue weighted by molar-refractivity contribution is 0.489. The normalized spacial score (nSPS) is 17.9. The summed E-state index contributed by atoms with van der Waals surface area (Å²) in [6, 6.07) is 6.60. The fourth-order valence-electron chi connectivity index (χ4n) is 2.26. The molecule has 1 N–H and O–H groups in total. The predicted molar refractivity (Wildman–Crippen MR) is 67.8 cm³/mol. The second-order valence-electron chi connectivity index (χ2n) is 4.38. The Morgan fingerprint density at radius 1 is 1.41 bits per heavy atom. The van der Waals surface area contributed by atoms with Crippen LogP contribution in [-0.2, 0) is 0 Å². The van der Waals surface area contributed by atoms with Gasteiger partial charge in [0, 0.05) is 16.1 Å². The van der Waals surface area contributed by atoms with E-state index in [1.54, 1.807) is 6.07 Å². The van der Waals surface area contributed by atoms with Gasteiger partial charge in [0.1, 0.15) is 11.9 Å². The summed E-state index contributed by atoms with van der Waals surface area (Å²) in [4.78, 5) is 0. The van der Waals surface area contributed by atoms with Crippen LogP contribution in [0.4, 0.5) is 4.39 Å². The van der Waals surface area contributed by atoms with Crippen molar-refractivity contribution in [3.63, 3.8) is 0 Å². The SMILES string of the molecule is N#CC(NC1CCCC1)c1cc(F)ccc1Br. The van der Waals surface area contributed by atoms with Gasteiger partial charge in [0.25, 0.3) is 0 Å². The standard InChI is InChI=1S/C13H14BrFN2/c14-12-6-5-9(15)7-11(12)13(8-16)17-10-3-1-2-4-10/h5-7,10,13,17H,1-4H2. The second-order valence-corrected chi connectivity index (χ2v) is 5.23. The van der Waals surface area contributed by atoms with E-state index in [4.69, 9.17) is 0 Å². The number of hydrogen-bond donors (Lipinski definition) is 1. The molecule has 1 saturated carbocycles. The molecule has 0 spiro atoms. The zero-order valence-corrected chi connectivity index (χ0v) is 11.0. The molecule has 1 unspecified atom stereocenters. The van der Waals surface area contributed by atoms with E-state index in [1.807, 2.05) is 0 Å². The average molecular weight is 297 g/mol. The van der Waals surface area contributed by atoms with Crippen molar-refractivity contribution in [2.24, 2.45) is 0 Å². The molecule has 1 fully saturated rings. The maximum absolute atomic E-state index is 13.2. The van der Waals surface area contributed by atoms with Crippen molar-refractivity contribution in [3.8, 4) is 6.07 Å². The Bertz CT molecular complexity index is 436. The van der Waals surface area contributed by atoms with Crippen molar-refractivity contribution in [3.05, 3.63) is 34.1 Å². The molecule has 17 heavy (non-hydrogen) atoms. The minimum absolute atomic E-state index is 0.309. The minimum Gasteiger partial charge on any atom is -0.295 e. The van der Waals surface area contributed by atoms with Crippen molar-refractivity contribution >= 4 is 15.9 Å². The van der Waals surface area contributed by atoms with Crippen LogP contribution in [0.25, 0.3) is 0 Å². The fourth-order valence-corrected chi connectivity index (χ4v) is 2.74. The first-order valence-electron chi connectivity index (χ1n) is 5.81. The Morgan fingerprint density at radius 2 is 2.12 bits per heavy atom. The minimum atomic E-state index is -0.442. The summed E-state index contributed by atoms with van der Waals surface area (Å²) in [5.74, 6) is -0.309. The Hall–Kier alpha value is -0.920. The van der Waals surface area contributed by atoms with Gasteiger partial charge in [-0.05, 0) is 31.0 Å². The molecule has 1 aromatic rings. The maximum Gasteiger partial charge on any atom is 0.123 e. The molecule has 90 valence electrons. The Kier molecular flexibility index (Phi) is 4.14. The third kappa shape index (κ3) is 3.05. The lowest BCUT2D eigenvalue weighted by Crippen LogP contribution is -2.30.